The zero-order chi connectivity index (χ0) is 18.7. The highest BCUT2D eigenvalue weighted by Crippen LogP contribution is 2.19. The number of carbonyl (C=O) groups is 1. The molecule has 0 radical (unpaired) electrons. The third-order valence-electron chi connectivity index (χ3n) is 3.96. The maximum atomic E-state index is 12.5. The van der Waals surface area contributed by atoms with Crippen molar-refractivity contribution >= 4 is 50.0 Å². The molecule has 26 heavy (non-hydrogen) atoms. The number of benzene rings is 2. The van der Waals surface area contributed by atoms with Gasteiger partial charge in [-0.15, -0.1) is 0 Å². The molecule has 1 aliphatic heterocycles. The molecular formula is C18H18IN3O3S. The van der Waals surface area contributed by atoms with Crippen molar-refractivity contribution in [2.45, 2.75) is 24.7 Å². The summed E-state index contributed by atoms with van der Waals surface area (Å²) in [7, 11) is -3.71. The van der Waals surface area contributed by atoms with Crippen molar-refractivity contribution < 1.29 is 13.2 Å². The van der Waals surface area contributed by atoms with Gasteiger partial charge in [0.25, 0.3) is 15.9 Å². The van der Waals surface area contributed by atoms with E-state index >= 15 is 0 Å². The lowest BCUT2D eigenvalue weighted by molar-refractivity contribution is 0.102. The molecule has 0 saturated carbocycles. The molecule has 0 saturated heterocycles. The van der Waals surface area contributed by atoms with Crippen LogP contribution in [0.3, 0.4) is 0 Å². The maximum absolute atomic E-state index is 12.5. The van der Waals surface area contributed by atoms with Crippen LogP contribution in [0.2, 0.25) is 0 Å². The minimum atomic E-state index is -3.71. The van der Waals surface area contributed by atoms with Crippen molar-refractivity contribution in [3.63, 3.8) is 0 Å². The van der Waals surface area contributed by atoms with Gasteiger partial charge in [0, 0.05) is 27.8 Å². The molecule has 0 spiro atoms. The van der Waals surface area contributed by atoms with Crippen LogP contribution in [0.25, 0.3) is 0 Å². The normalized spacial score (nSPS) is 14.0. The maximum Gasteiger partial charge on any atom is 0.262 e. The van der Waals surface area contributed by atoms with Crippen molar-refractivity contribution in [3.05, 3.63) is 57.2 Å². The fourth-order valence-electron chi connectivity index (χ4n) is 2.52. The summed E-state index contributed by atoms with van der Waals surface area (Å²) in [4.78, 5) is 16.6. The quantitative estimate of drug-likeness (QED) is 0.655. The first-order chi connectivity index (χ1) is 12.3. The molecule has 0 atom stereocenters. The molecule has 0 aromatic heterocycles. The summed E-state index contributed by atoms with van der Waals surface area (Å²) in [5, 5.41) is 2.75. The summed E-state index contributed by atoms with van der Waals surface area (Å²) < 4.78 is 28.4. The van der Waals surface area contributed by atoms with E-state index in [1.165, 1.54) is 12.1 Å². The first kappa shape index (κ1) is 18.8. The zero-order valence-corrected chi connectivity index (χ0v) is 17.1. The Morgan fingerprint density at radius 1 is 1.19 bits per heavy atom. The standard InChI is InChI=1S/C18H18IN3O3S/c1-12-7-8-13(10-16(12)19)18(23)21-14-4-2-5-15(11-14)26(24,25)22-17-6-3-9-20-17/h2,4-5,7-8,10-11H,3,6,9H2,1H3,(H,20,22)(H,21,23). The van der Waals surface area contributed by atoms with Gasteiger partial charge in [0.1, 0.15) is 5.84 Å². The monoisotopic (exact) mass is 483 g/mol. The van der Waals surface area contributed by atoms with E-state index in [0.29, 0.717) is 30.1 Å². The van der Waals surface area contributed by atoms with Crippen LogP contribution < -0.4 is 10.0 Å². The molecule has 8 heteroatoms. The number of nitrogens with one attached hydrogen (secondary N) is 2. The van der Waals surface area contributed by atoms with Crippen LogP contribution in [-0.4, -0.2) is 26.7 Å². The third kappa shape index (κ3) is 4.42. The van der Waals surface area contributed by atoms with Crippen molar-refractivity contribution in [3.8, 4) is 0 Å². The Labute approximate surface area is 166 Å². The fourth-order valence-corrected chi connectivity index (χ4v) is 4.17. The lowest BCUT2D eigenvalue weighted by atomic mass is 10.1. The molecular weight excluding hydrogens is 465 g/mol. The van der Waals surface area contributed by atoms with Gasteiger partial charge in [-0.25, -0.2) is 8.42 Å². The lowest BCUT2D eigenvalue weighted by Crippen LogP contribution is -2.29. The minimum absolute atomic E-state index is 0.0865. The molecule has 0 unspecified atom stereocenters. The first-order valence-corrected chi connectivity index (χ1v) is 10.6. The third-order valence-corrected chi connectivity index (χ3v) is 6.50. The van der Waals surface area contributed by atoms with Crippen LogP contribution in [0.4, 0.5) is 5.69 Å². The van der Waals surface area contributed by atoms with E-state index in [2.05, 4.69) is 37.6 Å². The lowest BCUT2D eigenvalue weighted by Gasteiger charge is -2.10. The molecule has 1 aliphatic rings. The molecule has 2 aromatic carbocycles. The Bertz CT molecular complexity index is 987. The average molecular weight is 483 g/mol. The first-order valence-electron chi connectivity index (χ1n) is 8.09. The number of sulfonamides is 1. The molecule has 0 aliphatic carbocycles. The summed E-state index contributed by atoms with van der Waals surface area (Å²) in [5.74, 6) is 0.194. The van der Waals surface area contributed by atoms with Crippen LogP contribution >= 0.6 is 22.6 Å². The smallest absolute Gasteiger partial charge is 0.262 e. The molecule has 6 nitrogen and oxygen atoms in total. The number of nitrogens with zero attached hydrogens (tertiary/aromatic N) is 1. The number of halogens is 1. The van der Waals surface area contributed by atoms with Crippen LogP contribution in [0.5, 0.6) is 0 Å². The number of aliphatic imine (C=N–C) groups is 1. The second-order valence-electron chi connectivity index (χ2n) is 5.98. The van der Waals surface area contributed by atoms with E-state index in [1.807, 2.05) is 13.0 Å². The second-order valence-corrected chi connectivity index (χ2v) is 8.83. The molecule has 1 amide bonds. The molecule has 3 rings (SSSR count). The molecule has 2 N–H and O–H groups in total. The average Bonchev–Trinajstić information content (AvgIpc) is 3.10. The number of anilines is 1. The number of amides is 1. The van der Waals surface area contributed by atoms with Crippen LogP contribution in [0.1, 0.15) is 28.8 Å². The van der Waals surface area contributed by atoms with E-state index in [4.69, 9.17) is 0 Å². The van der Waals surface area contributed by atoms with Crippen molar-refractivity contribution in [1.29, 1.82) is 0 Å². The summed E-state index contributed by atoms with van der Waals surface area (Å²) in [6, 6.07) is 11.6. The van der Waals surface area contributed by atoms with E-state index in [-0.39, 0.29) is 10.8 Å². The predicted octanol–water partition coefficient (Wildman–Crippen LogP) is 3.32. The fraction of sp³-hybridized carbons (Fsp3) is 0.222. The van der Waals surface area contributed by atoms with Gasteiger partial charge >= 0.3 is 0 Å². The molecule has 136 valence electrons. The van der Waals surface area contributed by atoms with Gasteiger partial charge < -0.3 is 5.32 Å². The molecule has 2 aromatic rings. The van der Waals surface area contributed by atoms with E-state index < -0.39 is 10.0 Å². The van der Waals surface area contributed by atoms with Crippen molar-refractivity contribution in [2.24, 2.45) is 4.99 Å². The number of hydrogen-bond donors (Lipinski definition) is 2. The zero-order valence-electron chi connectivity index (χ0n) is 14.1. The highest BCUT2D eigenvalue weighted by molar-refractivity contribution is 14.1. The Balaban J connectivity index is 1.78. The summed E-state index contributed by atoms with van der Waals surface area (Å²) >= 11 is 2.17. The number of amidine groups is 1. The summed E-state index contributed by atoms with van der Waals surface area (Å²) in [6.07, 6.45) is 1.48. The van der Waals surface area contributed by atoms with Gasteiger partial charge in [-0.2, -0.15) is 0 Å². The summed E-state index contributed by atoms with van der Waals surface area (Å²) in [6.45, 7) is 2.61. The van der Waals surface area contributed by atoms with Gasteiger partial charge in [0.2, 0.25) is 0 Å². The van der Waals surface area contributed by atoms with Gasteiger partial charge in [-0.05, 0) is 71.8 Å². The SMILES string of the molecule is Cc1ccc(C(=O)Nc2cccc(S(=O)(=O)NC3=NCCC3)c2)cc1I. The Morgan fingerprint density at radius 3 is 2.69 bits per heavy atom. The molecule has 0 fully saturated rings. The number of carbonyl (C=O) groups excluding carboxylic acids is 1. The van der Waals surface area contributed by atoms with Crippen LogP contribution in [-0.2, 0) is 10.0 Å². The Morgan fingerprint density at radius 2 is 2.00 bits per heavy atom. The van der Waals surface area contributed by atoms with E-state index in [1.54, 1.807) is 24.3 Å². The second kappa shape index (κ2) is 7.75. The Hall–Kier alpha value is -1.94. The Kier molecular flexibility index (Phi) is 5.61. The van der Waals surface area contributed by atoms with Gasteiger partial charge in [0.05, 0.1) is 4.90 Å². The van der Waals surface area contributed by atoms with Gasteiger partial charge in [-0.3, -0.25) is 14.5 Å². The largest absolute Gasteiger partial charge is 0.322 e. The number of rotatable bonds is 4. The minimum Gasteiger partial charge on any atom is -0.322 e. The van der Waals surface area contributed by atoms with Crippen molar-refractivity contribution in [2.75, 3.05) is 11.9 Å². The van der Waals surface area contributed by atoms with E-state index in [9.17, 15) is 13.2 Å². The molecule has 1 heterocycles. The number of aryl methyl sites for hydroxylation is 1. The van der Waals surface area contributed by atoms with Gasteiger partial charge in [0.15, 0.2) is 0 Å². The van der Waals surface area contributed by atoms with Gasteiger partial charge in [-0.1, -0.05) is 12.1 Å². The van der Waals surface area contributed by atoms with Crippen LogP contribution in [0.15, 0.2) is 52.4 Å². The highest BCUT2D eigenvalue weighted by atomic mass is 127. The van der Waals surface area contributed by atoms with Crippen LogP contribution in [0, 0.1) is 10.5 Å². The highest BCUT2D eigenvalue weighted by Gasteiger charge is 2.19. The number of hydrogen-bond acceptors (Lipinski definition) is 4. The van der Waals surface area contributed by atoms with Crippen molar-refractivity contribution in [1.82, 2.24) is 4.72 Å². The molecule has 0 bridgehead atoms. The van der Waals surface area contributed by atoms with E-state index in [0.717, 1.165) is 15.6 Å². The summed E-state index contributed by atoms with van der Waals surface area (Å²) in [5.41, 5.74) is 2.03. The predicted molar refractivity (Wildman–Crippen MR) is 110 cm³/mol. The topological polar surface area (TPSA) is 87.6 Å².